The number of nitrogens with zero attached hydrogens (tertiary/aromatic N) is 2. The molecular formula is C29H42F2N4. The van der Waals surface area contributed by atoms with Crippen molar-refractivity contribution in [3.05, 3.63) is 65.7 Å². The molecule has 1 aliphatic rings. The molecule has 1 fully saturated rings. The number of para-hydroxylation sites is 1. The fourth-order valence-electron chi connectivity index (χ4n) is 4.25. The van der Waals surface area contributed by atoms with Crippen molar-refractivity contribution in [2.24, 2.45) is 0 Å². The summed E-state index contributed by atoms with van der Waals surface area (Å²) in [5.74, 6) is -0.388. The molecule has 6 heteroatoms. The number of piperidine rings is 1. The van der Waals surface area contributed by atoms with Crippen LogP contribution in [0.1, 0.15) is 66.9 Å². The van der Waals surface area contributed by atoms with E-state index in [0.717, 1.165) is 42.4 Å². The number of benzene rings is 2. The zero-order valence-electron chi connectivity index (χ0n) is 22.4. The Kier molecular flexibility index (Phi) is 10.9. The summed E-state index contributed by atoms with van der Waals surface area (Å²) in [5, 5.41) is 7.60. The predicted octanol–water partition coefficient (Wildman–Crippen LogP) is 7.53. The summed E-state index contributed by atoms with van der Waals surface area (Å²) in [6.07, 6.45) is 1.93. The van der Waals surface area contributed by atoms with E-state index in [1.165, 1.54) is 12.1 Å². The van der Waals surface area contributed by atoms with Gasteiger partial charge in [-0.15, -0.1) is 0 Å². The lowest BCUT2D eigenvalue weighted by atomic mass is 9.99. The topological polar surface area (TPSA) is 40.2 Å². The second-order valence-electron chi connectivity index (χ2n) is 9.28. The molecule has 192 valence electrons. The number of hydrogen-bond acceptors (Lipinski definition) is 4. The number of nitrogens with one attached hydrogen (secondary N) is 2. The number of anilines is 2. The van der Waals surface area contributed by atoms with E-state index < -0.39 is 0 Å². The average molecular weight is 485 g/mol. The number of hydrogen-bond donors (Lipinski definition) is 2. The van der Waals surface area contributed by atoms with Crippen molar-refractivity contribution in [2.75, 3.05) is 23.3 Å². The fourth-order valence-corrected chi connectivity index (χ4v) is 4.25. The van der Waals surface area contributed by atoms with Crippen LogP contribution < -0.4 is 15.5 Å². The number of aromatic nitrogens is 1. The molecule has 1 saturated heterocycles. The third-order valence-corrected chi connectivity index (χ3v) is 5.63. The van der Waals surface area contributed by atoms with Crippen LogP contribution in [0.3, 0.4) is 0 Å². The van der Waals surface area contributed by atoms with Crippen LogP contribution >= 0.6 is 0 Å². The van der Waals surface area contributed by atoms with Crippen LogP contribution in [-0.4, -0.2) is 29.7 Å². The molecule has 2 heterocycles. The molecule has 2 N–H and O–H groups in total. The van der Waals surface area contributed by atoms with E-state index in [0.29, 0.717) is 18.3 Å². The maximum atomic E-state index is 15.7. The summed E-state index contributed by atoms with van der Waals surface area (Å²) in [4.78, 5) is 6.67. The minimum Gasteiger partial charge on any atom is -0.368 e. The molecule has 1 aromatic heterocycles. The molecule has 0 bridgehead atoms. The Hall–Kier alpha value is -2.73. The Morgan fingerprint density at radius 2 is 1.51 bits per heavy atom. The molecular weight excluding hydrogens is 442 g/mol. The monoisotopic (exact) mass is 484 g/mol. The van der Waals surface area contributed by atoms with Crippen molar-refractivity contribution in [2.45, 2.75) is 79.4 Å². The summed E-state index contributed by atoms with van der Waals surface area (Å²) < 4.78 is 28.8. The van der Waals surface area contributed by atoms with Crippen LogP contribution in [0, 0.1) is 11.6 Å². The van der Waals surface area contributed by atoms with Gasteiger partial charge in [0.2, 0.25) is 0 Å². The highest BCUT2D eigenvalue weighted by Gasteiger charge is 2.27. The first-order valence-electron chi connectivity index (χ1n) is 12.9. The summed E-state index contributed by atoms with van der Waals surface area (Å²) in [6, 6.07) is 14.3. The van der Waals surface area contributed by atoms with Gasteiger partial charge in [-0.25, -0.2) is 13.8 Å². The van der Waals surface area contributed by atoms with Gasteiger partial charge in [0.05, 0.1) is 11.2 Å². The van der Waals surface area contributed by atoms with E-state index in [4.69, 9.17) is 0 Å². The van der Waals surface area contributed by atoms with E-state index in [1.807, 2.05) is 52.0 Å². The van der Waals surface area contributed by atoms with Gasteiger partial charge in [-0.3, -0.25) is 0 Å². The Bertz CT molecular complexity index is 1040. The highest BCUT2D eigenvalue weighted by Crippen LogP contribution is 2.34. The maximum absolute atomic E-state index is 15.7. The standard InChI is InChI=1S/C25H30F2N4.2C2H6/c1-25(2,3)30-19-12-14-31(15-13-19)23-20-6-4-5-7-21(20)29-24(22(23)27)28-16-17-8-10-18(26)11-9-17;2*1-2/h4-11,19,30H,12-16H2,1-3H3,(H,28,29);2*1-2H3. The molecule has 35 heavy (non-hydrogen) atoms. The van der Waals surface area contributed by atoms with Crippen molar-refractivity contribution in [3.63, 3.8) is 0 Å². The highest BCUT2D eigenvalue weighted by atomic mass is 19.1. The van der Waals surface area contributed by atoms with Gasteiger partial charge in [-0.1, -0.05) is 58.0 Å². The second kappa shape index (κ2) is 13.4. The van der Waals surface area contributed by atoms with Crippen molar-refractivity contribution in [3.8, 4) is 0 Å². The number of pyridine rings is 1. The van der Waals surface area contributed by atoms with Crippen LogP contribution in [0.2, 0.25) is 0 Å². The quantitative estimate of drug-likeness (QED) is 0.393. The van der Waals surface area contributed by atoms with Gasteiger partial charge in [-0.05, 0) is 57.4 Å². The normalized spacial score (nSPS) is 14.0. The maximum Gasteiger partial charge on any atom is 0.189 e. The lowest BCUT2D eigenvalue weighted by molar-refractivity contribution is 0.316. The van der Waals surface area contributed by atoms with Gasteiger partial charge in [0.15, 0.2) is 11.6 Å². The molecule has 4 rings (SSSR count). The Balaban J connectivity index is 0.00000103. The Labute approximate surface area is 210 Å². The van der Waals surface area contributed by atoms with Gasteiger partial charge in [0.25, 0.3) is 0 Å². The largest absolute Gasteiger partial charge is 0.368 e. The second-order valence-corrected chi connectivity index (χ2v) is 9.28. The van der Waals surface area contributed by atoms with Gasteiger partial charge in [-0.2, -0.15) is 0 Å². The lowest BCUT2D eigenvalue weighted by Gasteiger charge is -2.38. The lowest BCUT2D eigenvalue weighted by Crippen LogP contribution is -2.49. The van der Waals surface area contributed by atoms with E-state index in [9.17, 15) is 4.39 Å². The zero-order chi connectivity index (χ0) is 26.0. The van der Waals surface area contributed by atoms with E-state index in [1.54, 1.807) is 12.1 Å². The van der Waals surface area contributed by atoms with E-state index in [2.05, 4.69) is 41.3 Å². The molecule has 0 unspecified atom stereocenters. The first kappa shape index (κ1) is 28.5. The molecule has 0 radical (unpaired) electrons. The molecule has 0 spiro atoms. The van der Waals surface area contributed by atoms with Gasteiger partial charge >= 0.3 is 0 Å². The summed E-state index contributed by atoms with van der Waals surface area (Å²) in [7, 11) is 0. The van der Waals surface area contributed by atoms with Gasteiger partial charge in [0, 0.05) is 36.6 Å². The number of rotatable bonds is 5. The zero-order valence-corrected chi connectivity index (χ0v) is 22.4. The van der Waals surface area contributed by atoms with Crippen LogP contribution in [0.15, 0.2) is 48.5 Å². The number of fused-ring (bicyclic) bond motifs is 1. The van der Waals surface area contributed by atoms with Crippen LogP contribution in [-0.2, 0) is 6.54 Å². The fraction of sp³-hybridized carbons (Fsp3) is 0.483. The summed E-state index contributed by atoms with van der Waals surface area (Å²) >= 11 is 0. The van der Waals surface area contributed by atoms with Crippen molar-refractivity contribution < 1.29 is 8.78 Å². The minimum absolute atomic E-state index is 0.0683. The van der Waals surface area contributed by atoms with E-state index >= 15 is 4.39 Å². The average Bonchev–Trinajstić information content (AvgIpc) is 2.86. The molecule has 0 saturated carbocycles. The van der Waals surface area contributed by atoms with Crippen molar-refractivity contribution >= 4 is 22.4 Å². The molecule has 0 aliphatic carbocycles. The van der Waals surface area contributed by atoms with Gasteiger partial charge in [0.1, 0.15) is 5.82 Å². The molecule has 4 nitrogen and oxygen atoms in total. The Morgan fingerprint density at radius 1 is 0.914 bits per heavy atom. The summed E-state index contributed by atoms with van der Waals surface area (Å²) in [5.41, 5.74) is 2.31. The van der Waals surface area contributed by atoms with Crippen molar-refractivity contribution in [1.82, 2.24) is 10.3 Å². The van der Waals surface area contributed by atoms with E-state index in [-0.39, 0.29) is 23.0 Å². The third-order valence-electron chi connectivity index (χ3n) is 5.63. The molecule has 1 aliphatic heterocycles. The first-order valence-corrected chi connectivity index (χ1v) is 12.9. The molecule has 0 amide bonds. The van der Waals surface area contributed by atoms with Crippen LogP contribution in [0.25, 0.3) is 10.9 Å². The molecule has 0 atom stereocenters. The SMILES string of the molecule is CC.CC.CC(C)(C)NC1CCN(c2c(F)c(NCc3ccc(F)cc3)nc3ccccc23)CC1. The first-order chi connectivity index (χ1) is 16.8. The van der Waals surface area contributed by atoms with Crippen LogP contribution in [0.4, 0.5) is 20.3 Å². The predicted molar refractivity (Wildman–Crippen MR) is 146 cm³/mol. The number of halogens is 2. The summed E-state index contributed by atoms with van der Waals surface area (Å²) in [6.45, 7) is 16.5. The van der Waals surface area contributed by atoms with Crippen molar-refractivity contribution in [1.29, 1.82) is 0 Å². The minimum atomic E-state index is -0.331. The molecule has 3 aromatic rings. The Morgan fingerprint density at radius 3 is 2.11 bits per heavy atom. The van der Waals surface area contributed by atoms with Crippen LogP contribution in [0.5, 0.6) is 0 Å². The smallest absolute Gasteiger partial charge is 0.189 e. The molecule has 2 aromatic carbocycles. The highest BCUT2D eigenvalue weighted by molar-refractivity contribution is 5.94. The third kappa shape index (κ3) is 7.89. The van der Waals surface area contributed by atoms with Gasteiger partial charge < -0.3 is 15.5 Å².